The van der Waals surface area contributed by atoms with Gasteiger partial charge in [-0.2, -0.15) is 13.2 Å². The van der Waals surface area contributed by atoms with Gasteiger partial charge in [-0.05, 0) is 23.9 Å². The van der Waals surface area contributed by atoms with E-state index in [2.05, 4.69) is 15.2 Å². The van der Waals surface area contributed by atoms with Crippen LogP contribution in [0, 0.1) is 0 Å². The molecule has 3 aromatic rings. The van der Waals surface area contributed by atoms with Crippen LogP contribution in [0.2, 0.25) is 5.02 Å². The van der Waals surface area contributed by atoms with Gasteiger partial charge in [-0.1, -0.05) is 23.7 Å². The Hall–Kier alpha value is -1.58. The highest BCUT2D eigenvalue weighted by molar-refractivity contribution is 8.00. The quantitative estimate of drug-likeness (QED) is 0.661. The van der Waals surface area contributed by atoms with Crippen LogP contribution < -0.4 is 0 Å². The minimum absolute atomic E-state index is 0.255. The zero-order valence-electron chi connectivity index (χ0n) is 11.5. The molecule has 0 bridgehead atoms. The Morgan fingerprint density at radius 2 is 2.04 bits per heavy atom. The summed E-state index contributed by atoms with van der Waals surface area (Å²) < 4.78 is 39.7. The van der Waals surface area contributed by atoms with Crippen LogP contribution >= 0.6 is 34.7 Å². The maximum absolute atomic E-state index is 12.6. The molecule has 10 heteroatoms. The Morgan fingerprint density at radius 3 is 2.70 bits per heavy atom. The third-order valence-corrected chi connectivity index (χ3v) is 5.08. The molecular weight excluding hydrogens is 369 g/mol. The molecule has 0 atom stereocenters. The molecule has 0 spiro atoms. The van der Waals surface area contributed by atoms with Crippen molar-refractivity contribution in [2.24, 2.45) is 7.05 Å². The average molecular weight is 377 g/mol. The summed E-state index contributed by atoms with van der Waals surface area (Å²) in [6.07, 6.45) is -4.44. The van der Waals surface area contributed by atoms with Crippen molar-refractivity contribution in [2.45, 2.75) is 15.7 Å². The van der Waals surface area contributed by atoms with Crippen LogP contribution in [-0.4, -0.2) is 19.7 Å². The van der Waals surface area contributed by atoms with Gasteiger partial charge >= 0.3 is 6.18 Å². The number of rotatable bonds is 3. The molecule has 4 nitrogen and oxygen atoms in total. The van der Waals surface area contributed by atoms with Gasteiger partial charge in [0.1, 0.15) is 0 Å². The van der Waals surface area contributed by atoms with Gasteiger partial charge in [-0.25, -0.2) is 4.98 Å². The molecule has 120 valence electrons. The van der Waals surface area contributed by atoms with E-state index in [0.717, 1.165) is 34.0 Å². The van der Waals surface area contributed by atoms with Gasteiger partial charge in [0.15, 0.2) is 21.0 Å². The molecule has 23 heavy (non-hydrogen) atoms. The predicted molar refractivity (Wildman–Crippen MR) is 82.7 cm³/mol. The highest BCUT2D eigenvalue weighted by Crippen LogP contribution is 2.36. The third kappa shape index (κ3) is 3.51. The van der Waals surface area contributed by atoms with Crippen molar-refractivity contribution in [1.29, 1.82) is 0 Å². The largest absolute Gasteiger partial charge is 0.434 e. The Kier molecular flexibility index (Phi) is 4.35. The molecule has 0 saturated heterocycles. The van der Waals surface area contributed by atoms with E-state index in [9.17, 15) is 13.2 Å². The Morgan fingerprint density at radius 1 is 1.26 bits per heavy atom. The van der Waals surface area contributed by atoms with E-state index in [-0.39, 0.29) is 4.34 Å². The standard InChI is InChI=1S/C13H8ClF3N4S2/c1-21-10(7-3-2-4-8(14)5-7)19-20-11(21)23-12-18-9(6-22-12)13(15,16)17/h2-6H,1H3. The second-order valence-corrected chi connectivity index (χ2v) is 6.98. The van der Waals surface area contributed by atoms with Gasteiger partial charge < -0.3 is 4.57 Å². The topological polar surface area (TPSA) is 43.6 Å². The van der Waals surface area contributed by atoms with Crippen molar-refractivity contribution in [1.82, 2.24) is 19.7 Å². The maximum atomic E-state index is 12.6. The van der Waals surface area contributed by atoms with Crippen LogP contribution in [0.5, 0.6) is 0 Å². The second kappa shape index (κ2) is 6.14. The lowest BCUT2D eigenvalue weighted by molar-refractivity contribution is -0.141. The maximum Gasteiger partial charge on any atom is 0.434 e. The molecule has 0 aliphatic carbocycles. The molecule has 0 N–H and O–H groups in total. The number of hydrogen-bond acceptors (Lipinski definition) is 5. The number of halogens is 4. The lowest BCUT2D eigenvalue weighted by atomic mass is 10.2. The third-order valence-electron chi connectivity index (χ3n) is 2.87. The summed E-state index contributed by atoms with van der Waals surface area (Å²) in [5, 5.41) is 10.1. The summed E-state index contributed by atoms with van der Waals surface area (Å²) in [4.78, 5) is 3.57. The summed E-state index contributed by atoms with van der Waals surface area (Å²) in [6.45, 7) is 0. The lowest BCUT2D eigenvalue weighted by Crippen LogP contribution is -2.04. The molecule has 0 aliphatic heterocycles. The Balaban J connectivity index is 1.87. The van der Waals surface area contributed by atoms with Crippen LogP contribution in [0.1, 0.15) is 5.69 Å². The summed E-state index contributed by atoms with van der Waals surface area (Å²) in [7, 11) is 1.73. The summed E-state index contributed by atoms with van der Waals surface area (Å²) in [5.74, 6) is 0.572. The predicted octanol–water partition coefficient (Wildman–Crippen LogP) is 4.76. The van der Waals surface area contributed by atoms with Gasteiger partial charge in [-0.15, -0.1) is 21.5 Å². The van der Waals surface area contributed by atoms with Crippen molar-refractivity contribution in [2.75, 3.05) is 0 Å². The van der Waals surface area contributed by atoms with Crippen molar-refractivity contribution in [3.63, 3.8) is 0 Å². The van der Waals surface area contributed by atoms with E-state index in [1.807, 2.05) is 6.07 Å². The molecule has 0 fully saturated rings. The van der Waals surface area contributed by atoms with E-state index in [0.29, 0.717) is 16.0 Å². The van der Waals surface area contributed by atoms with E-state index in [1.54, 1.807) is 29.8 Å². The summed E-state index contributed by atoms with van der Waals surface area (Å²) in [5.41, 5.74) is -0.128. The molecule has 3 rings (SSSR count). The lowest BCUT2D eigenvalue weighted by Gasteiger charge is -2.03. The average Bonchev–Trinajstić information content (AvgIpc) is 3.07. The highest BCUT2D eigenvalue weighted by Gasteiger charge is 2.34. The van der Waals surface area contributed by atoms with E-state index in [1.165, 1.54) is 0 Å². The first-order chi connectivity index (χ1) is 10.8. The monoisotopic (exact) mass is 376 g/mol. The molecule has 2 heterocycles. The fraction of sp³-hybridized carbons (Fsp3) is 0.154. The number of alkyl halides is 3. The Labute approximate surface area is 142 Å². The Bertz CT molecular complexity index is 844. The number of benzene rings is 1. The van der Waals surface area contributed by atoms with Crippen molar-refractivity contribution in [3.8, 4) is 11.4 Å². The number of aromatic nitrogens is 4. The van der Waals surface area contributed by atoms with Crippen LogP contribution in [0.25, 0.3) is 11.4 Å². The van der Waals surface area contributed by atoms with Gasteiger partial charge in [0, 0.05) is 23.0 Å². The van der Waals surface area contributed by atoms with E-state index < -0.39 is 11.9 Å². The first kappa shape index (κ1) is 16.3. The zero-order valence-corrected chi connectivity index (χ0v) is 13.9. The van der Waals surface area contributed by atoms with Crippen LogP contribution in [0.4, 0.5) is 13.2 Å². The number of nitrogens with zero attached hydrogens (tertiary/aromatic N) is 4. The van der Waals surface area contributed by atoms with Crippen molar-refractivity contribution in [3.05, 3.63) is 40.4 Å². The molecule has 0 unspecified atom stereocenters. The normalized spacial score (nSPS) is 11.9. The highest BCUT2D eigenvalue weighted by atomic mass is 35.5. The SMILES string of the molecule is Cn1c(Sc2nc(C(F)(F)F)cs2)nnc1-c1cccc(Cl)c1. The molecule has 1 aromatic carbocycles. The molecule has 0 saturated carbocycles. The van der Waals surface area contributed by atoms with Gasteiger partial charge in [-0.3, -0.25) is 0 Å². The first-order valence-corrected chi connectivity index (χ1v) is 8.28. The second-order valence-electron chi connectivity index (χ2n) is 4.47. The van der Waals surface area contributed by atoms with Crippen molar-refractivity contribution < 1.29 is 13.2 Å². The van der Waals surface area contributed by atoms with Crippen LogP contribution in [-0.2, 0) is 13.2 Å². The van der Waals surface area contributed by atoms with Gasteiger partial charge in [0.05, 0.1) is 0 Å². The molecule has 0 aliphatic rings. The fourth-order valence-electron chi connectivity index (χ4n) is 1.80. The minimum Gasteiger partial charge on any atom is -0.305 e. The number of thiazole rings is 1. The first-order valence-electron chi connectivity index (χ1n) is 6.20. The fourth-order valence-corrected chi connectivity index (χ4v) is 3.70. The van der Waals surface area contributed by atoms with Gasteiger partial charge in [0.2, 0.25) is 0 Å². The summed E-state index contributed by atoms with van der Waals surface area (Å²) in [6, 6.07) is 7.10. The van der Waals surface area contributed by atoms with Gasteiger partial charge in [0.25, 0.3) is 0 Å². The molecule has 2 aromatic heterocycles. The van der Waals surface area contributed by atoms with Crippen molar-refractivity contribution >= 4 is 34.7 Å². The zero-order chi connectivity index (χ0) is 16.6. The molecule has 0 radical (unpaired) electrons. The molecule has 0 amide bonds. The van der Waals surface area contributed by atoms with Crippen LogP contribution in [0.3, 0.4) is 0 Å². The van der Waals surface area contributed by atoms with E-state index >= 15 is 0 Å². The number of hydrogen-bond donors (Lipinski definition) is 0. The minimum atomic E-state index is -4.44. The molecular formula is C13H8ClF3N4S2. The smallest absolute Gasteiger partial charge is 0.305 e. The summed E-state index contributed by atoms with van der Waals surface area (Å²) >= 11 is 7.90. The van der Waals surface area contributed by atoms with Crippen LogP contribution in [0.15, 0.2) is 39.1 Å². The van der Waals surface area contributed by atoms with E-state index in [4.69, 9.17) is 11.6 Å².